The molecule has 10 rings (SSSR count). The Labute approximate surface area is 803 Å². The van der Waals surface area contributed by atoms with Crippen molar-refractivity contribution < 1.29 is 112 Å². The van der Waals surface area contributed by atoms with Crippen LogP contribution in [0.25, 0.3) is 36.5 Å². The van der Waals surface area contributed by atoms with Crippen LogP contribution >= 0.6 is 118 Å². The summed E-state index contributed by atoms with van der Waals surface area (Å²) in [5.41, 5.74) is 1.85. The molecule has 0 saturated heterocycles. The molecule has 0 radical (unpaired) electrons. The normalized spacial score (nSPS) is 11.1. The average Bonchev–Trinajstić information content (AvgIpc) is 0.687. The molecule has 0 aliphatic heterocycles. The Kier molecular flexibility index (Phi) is 51.3. The van der Waals surface area contributed by atoms with Crippen LogP contribution in [0.1, 0.15) is 98.6 Å². The molecule has 682 valence electrons. The van der Waals surface area contributed by atoms with Crippen molar-refractivity contribution in [3.8, 4) is 11.5 Å². The molecule has 0 aliphatic carbocycles. The Morgan fingerprint density at radius 3 is 1.03 bits per heavy atom. The van der Waals surface area contributed by atoms with Crippen LogP contribution in [0.2, 0.25) is 0 Å². The number of methoxy groups -OCH3 is 4. The SMILES string of the molecule is CC(C)(C)OC(=O)/C=C/c1ccc(Br)c(F)c1.CCC(=O)P(C=O)(c1ccccc1)(c1ccccc1)c1ccccc1.CCOC(=O)/C=C/c1cccc(Br)c1F.CCOC(=O)/C=C/c1cccc(Br)c1F.CCOC(=O)/C=C\c1cccc(Br)c1F.COC(=O)/C=C/c1c(OC)ccc(Br)c1F.COC(=O)/C=C/c1ccc(Br)c(F)c1OC.O=Cc1cccc(Br)c1F. The molecule has 0 unspecified atom stereocenters. The summed E-state index contributed by atoms with van der Waals surface area (Å²) >= 11 is 21.3. The van der Waals surface area contributed by atoms with Crippen LogP contribution in [-0.4, -0.2) is 108 Å². The minimum absolute atomic E-state index is 0.00963. The number of hydrogen-bond acceptors (Lipinski definition) is 17. The first-order chi connectivity index (χ1) is 61.4. The van der Waals surface area contributed by atoms with E-state index in [9.17, 15) is 73.9 Å². The maximum Gasteiger partial charge on any atom is 0.330 e. The van der Waals surface area contributed by atoms with Gasteiger partial charge in [-0.1, -0.05) is 48.5 Å². The number of benzene rings is 10. The fraction of sp³-hybridized carbons (Fsp3) is 0.165. The smallest absolute Gasteiger partial charge is 0.330 e. The van der Waals surface area contributed by atoms with E-state index in [2.05, 4.69) is 135 Å². The quantitative estimate of drug-likeness (QED) is 0.0137. The van der Waals surface area contributed by atoms with Gasteiger partial charge in [-0.15, -0.1) is 0 Å². The van der Waals surface area contributed by atoms with Crippen molar-refractivity contribution in [2.45, 2.75) is 60.5 Å². The van der Waals surface area contributed by atoms with E-state index in [-0.39, 0.29) is 28.2 Å². The molecule has 0 amide bonds. The molecule has 129 heavy (non-hydrogen) atoms. The molecule has 0 aliphatic rings. The third-order valence-corrected chi connectivity index (χ3v) is 26.8. The number of rotatable bonds is 24. The van der Waals surface area contributed by atoms with E-state index in [1.165, 1.54) is 120 Å². The molecular weight excluding hydrogens is 2160 g/mol. The summed E-state index contributed by atoms with van der Waals surface area (Å²) in [6, 6.07) is 59.7. The van der Waals surface area contributed by atoms with Crippen molar-refractivity contribution >= 4 is 224 Å². The van der Waals surface area contributed by atoms with Crippen LogP contribution in [0, 0.1) is 40.7 Å². The maximum absolute atomic E-state index is 13.7. The first kappa shape index (κ1) is 113. The standard InChI is InChI=1S/C22H21O2P.C13H14BrFO2.2C11H10BrFO3.3C11H10BrFO2.C7H4BrFO/c1-2-22(24)25(18-23,19-12-6-3-7-13-19,20-14-8-4-9-15-20)21-16-10-5-11-17-21;1-13(2,3)17-12(16)7-5-9-4-6-10(14)11(15)8-9;1-15-9-5-4-8(12)11(13)7(9)3-6-10(14)16-2;1-15-9(14)6-4-7-3-5-8(12)10(13)11(7)16-2;3*1-2-15-10(14)7-6-8-4-3-5-9(12)11(8)13;8-6-3-1-2-5(4-10)7(6)9/h3-18H,2H2,1H3;4-8H,1-3H3;2*3-6H,1-2H3;3*3-7H,2H2,1H3;1-4H/b;7-5+;6-3+;6-4+;2*7-6+;7-6-;. The predicted molar refractivity (Wildman–Crippen MR) is 518 cm³/mol. The predicted octanol–water partition coefficient (Wildman–Crippen LogP) is 25.0. The van der Waals surface area contributed by atoms with Gasteiger partial charge in [0, 0.05) is 58.7 Å². The molecule has 0 aromatic heterocycles. The molecule has 17 nitrogen and oxygen atoms in total. The first-order valence-corrected chi connectivity index (χ1v) is 46.1. The molecule has 0 atom stereocenters. The molecule has 0 spiro atoms. The average molecular weight is 2250 g/mol. The Bertz CT molecular complexity index is 5340. The molecule has 0 bridgehead atoms. The third-order valence-electron chi connectivity index (χ3n) is 16.6. The molecule has 0 N–H and O–H groups in total. The van der Waals surface area contributed by atoms with Gasteiger partial charge >= 0.3 is 184 Å². The Morgan fingerprint density at radius 2 is 0.690 bits per heavy atom. The van der Waals surface area contributed by atoms with Crippen LogP contribution in [0.15, 0.2) is 274 Å². The molecule has 0 fully saturated rings. The molecule has 0 saturated carbocycles. The Morgan fingerprint density at radius 1 is 0.349 bits per heavy atom. The topological polar surface area (TPSA) is 227 Å². The summed E-state index contributed by atoms with van der Waals surface area (Å²) < 4.78 is 134. The van der Waals surface area contributed by atoms with E-state index >= 15 is 0 Å². The summed E-state index contributed by atoms with van der Waals surface area (Å²) in [7, 11) is 5.31. The second-order valence-corrected chi connectivity index (χ2v) is 36.8. The van der Waals surface area contributed by atoms with Gasteiger partial charge in [0.15, 0.2) is 17.9 Å². The number of carbonyl (C=O) groups excluding carboxylic acids is 9. The zero-order chi connectivity index (χ0) is 96.4. The Balaban J connectivity index is 0.000000384. The van der Waals surface area contributed by atoms with Crippen molar-refractivity contribution in [2.75, 3.05) is 48.3 Å². The van der Waals surface area contributed by atoms with Crippen molar-refractivity contribution in [1.29, 1.82) is 0 Å². The van der Waals surface area contributed by atoms with Gasteiger partial charge < -0.3 is 37.9 Å². The zero-order valence-corrected chi connectivity index (χ0v) is 83.2. The van der Waals surface area contributed by atoms with Gasteiger partial charge in [0.25, 0.3) is 0 Å². The van der Waals surface area contributed by atoms with E-state index < -0.39 is 82.9 Å². The number of carbonyl (C=O) groups is 9. The minimum atomic E-state index is -3.88. The van der Waals surface area contributed by atoms with Gasteiger partial charge in [0.05, 0.1) is 90.7 Å². The van der Waals surface area contributed by atoms with Crippen molar-refractivity contribution in [3.05, 3.63) is 354 Å². The second kappa shape index (κ2) is 58.8. The number of halogens is 14. The number of ether oxygens (including phenoxy) is 8. The van der Waals surface area contributed by atoms with Gasteiger partial charge in [-0.3, -0.25) is 4.79 Å². The van der Waals surface area contributed by atoms with Crippen molar-refractivity contribution in [2.24, 2.45) is 0 Å². The van der Waals surface area contributed by atoms with Gasteiger partial charge in [-0.2, -0.15) is 0 Å². The zero-order valence-electron chi connectivity index (χ0n) is 71.2. The van der Waals surface area contributed by atoms with Gasteiger partial charge in [-0.25, -0.2) is 59.5 Å². The summed E-state index contributed by atoms with van der Waals surface area (Å²) in [5.74, 6) is -5.54. The van der Waals surface area contributed by atoms with Crippen LogP contribution in [-0.2, 0) is 66.8 Å². The molecule has 32 heteroatoms. The van der Waals surface area contributed by atoms with Gasteiger partial charge in [-0.05, 0) is 262 Å². The monoisotopic (exact) mass is 2240 g/mol. The van der Waals surface area contributed by atoms with Crippen LogP contribution in [0.4, 0.5) is 30.7 Å². The van der Waals surface area contributed by atoms with Gasteiger partial charge in [0.2, 0.25) is 0 Å². The number of hydrogen-bond donors (Lipinski definition) is 0. The molecule has 10 aromatic rings. The van der Waals surface area contributed by atoms with Crippen LogP contribution < -0.4 is 25.4 Å². The molecule has 10 aromatic carbocycles. The second-order valence-electron chi connectivity index (χ2n) is 26.2. The van der Waals surface area contributed by atoms with E-state index in [0.29, 0.717) is 97.4 Å². The maximum atomic E-state index is 13.7. The van der Waals surface area contributed by atoms with E-state index in [1.807, 2.05) is 97.9 Å². The van der Waals surface area contributed by atoms with Crippen molar-refractivity contribution in [3.63, 3.8) is 0 Å². The molecule has 0 heterocycles. The van der Waals surface area contributed by atoms with Gasteiger partial charge in [0.1, 0.15) is 46.3 Å². The van der Waals surface area contributed by atoms with Crippen LogP contribution in [0.3, 0.4) is 0 Å². The van der Waals surface area contributed by atoms with Crippen LogP contribution in [0.5, 0.6) is 11.5 Å². The number of esters is 6. The minimum Gasteiger partial charge on any atom is -0.496 e. The fourth-order valence-corrected chi connectivity index (χ4v) is 18.3. The summed E-state index contributed by atoms with van der Waals surface area (Å²) in [6.07, 6.45) is 16.4. The van der Waals surface area contributed by atoms with E-state index in [4.69, 9.17) is 14.2 Å². The van der Waals surface area contributed by atoms with E-state index in [0.717, 1.165) is 28.0 Å². The largest absolute Gasteiger partial charge is 0.496 e. The summed E-state index contributed by atoms with van der Waals surface area (Å²) in [5, 5.41) is 2.40. The number of aldehydes is 1. The molecular formula is C97H89Br7F7O17P. The first-order valence-electron chi connectivity index (χ1n) is 38.2. The summed E-state index contributed by atoms with van der Waals surface area (Å²) in [4.78, 5) is 103. The van der Waals surface area contributed by atoms with E-state index in [1.54, 1.807) is 133 Å². The van der Waals surface area contributed by atoms with Crippen molar-refractivity contribution in [1.82, 2.24) is 0 Å². The fourth-order valence-electron chi connectivity index (χ4n) is 10.6. The summed E-state index contributed by atoms with van der Waals surface area (Å²) in [6.45, 7) is 9.39. The Hall–Kier alpha value is -10.6. The third kappa shape index (κ3) is 36.0.